The Morgan fingerprint density at radius 1 is 1.23 bits per heavy atom. The van der Waals surface area contributed by atoms with E-state index >= 15 is 0 Å². The Morgan fingerprint density at radius 3 is 2.60 bits per heavy atom. The molecule has 0 saturated heterocycles. The van der Waals surface area contributed by atoms with E-state index in [1.54, 1.807) is 45.0 Å². The molecular weight excluding hydrogens is 434 g/mol. The highest BCUT2D eigenvalue weighted by atomic mass is 32.2. The number of hydrogen-bond donors (Lipinski definition) is 1. The van der Waals surface area contributed by atoms with Crippen molar-refractivity contribution in [2.45, 2.75) is 38.7 Å². The molecule has 0 aliphatic heterocycles. The third-order valence-corrected chi connectivity index (χ3v) is 4.79. The number of rotatable bonds is 8. The van der Waals surface area contributed by atoms with Crippen LogP contribution in [0.2, 0.25) is 0 Å². The molecule has 1 heterocycles. The number of anilines is 1. The molecule has 1 aromatic heterocycles. The van der Waals surface area contributed by atoms with E-state index in [-0.39, 0.29) is 17.4 Å². The first-order chi connectivity index (χ1) is 14.0. The Hall–Kier alpha value is -2.99. The summed E-state index contributed by atoms with van der Waals surface area (Å²) in [4.78, 5) is 27.2. The Morgan fingerprint density at radius 2 is 1.93 bits per heavy atom. The molecule has 0 aliphatic rings. The number of aromatic nitrogens is 1. The maximum absolute atomic E-state index is 11.9. The average Bonchev–Trinajstić information content (AvgIpc) is 3.04. The fourth-order valence-electron chi connectivity index (χ4n) is 1.93. The molecule has 1 N–H and O–H groups in total. The molecule has 0 unspecified atom stereocenters. The maximum atomic E-state index is 11.9. The fourth-order valence-corrected chi connectivity index (χ4v) is 3.46. The van der Waals surface area contributed by atoms with Crippen LogP contribution in [0.3, 0.4) is 0 Å². The van der Waals surface area contributed by atoms with E-state index in [1.165, 1.54) is 5.38 Å². The zero-order valence-corrected chi connectivity index (χ0v) is 18.2. The minimum Gasteiger partial charge on any atom is -0.456 e. The van der Waals surface area contributed by atoms with Gasteiger partial charge in [0.05, 0.1) is 5.69 Å². The summed E-state index contributed by atoms with van der Waals surface area (Å²) < 4.78 is 38.3. The summed E-state index contributed by atoms with van der Waals surface area (Å²) in [5.74, 6) is -1.46. The summed E-state index contributed by atoms with van der Waals surface area (Å²) >= 11 is 1.02. The quantitative estimate of drug-likeness (QED) is 0.365. The van der Waals surface area contributed by atoms with Gasteiger partial charge in [-0.05, 0) is 26.3 Å². The number of benzene rings is 1. The van der Waals surface area contributed by atoms with Gasteiger partial charge in [-0.2, -0.15) is 8.42 Å². The van der Waals surface area contributed by atoms with E-state index in [1.807, 2.05) is 6.07 Å². The van der Waals surface area contributed by atoms with Crippen molar-refractivity contribution in [2.75, 3.05) is 5.32 Å². The van der Waals surface area contributed by atoms with Crippen LogP contribution in [0.1, 0.15) is 32.0 Å². The third kappa shape index (κ3) is 9.01. The summed E-state index contributed by atoms with van der Waals surface area (Å²) in [5, 5.41) is 7.16. The number of amides is 1. The molecule has 2 aromatic rings. The van der Waals surface area contributed by atoms with Crippen molar-refractivity contribution >= 4 is 44.9 Å². The van der Waals surface area contributed by atoms with Crippen LogP contribution in [0, 0.1) is 0 Å². The number of oxime groups is 1. The van der Waals surface area contributed by atoms with Gasteiger partial charge in [-0.3, -0.25) is 9.60 Å². The molecule has 0 atom stereocenters. The van der Waals surface area contributed by atoms with Crippen molar-refractivity contribution in [2.24, 2.45) is 5.16 Å². The van der Waals surface area contributed by atoms with Gasteiger partial charge in [0.1, 0.15) is 18.0 Å². The highest BCUT2D eigenvalue weighted by molar-refractivity contribution is 7.85. The monoisotopic (exact) mass is 455 g/mol. The number of esters is 1. The first kappa shape index (κ1) is 23.3. The first-order valence-electron chi connectivity index (χ1n) is 8.62. The topological polar surface area (TPSA) is 133 Å². The highest BCUT2D eigenvalue weighted by Gasteiger charge is 2.19. The minimum absolute atomic E-state index is 0.0185. The SMILES string of the molecule is CC(C)(C)OC(=O)Nc1nc(CS(=O)(=O)O/N=C/C(=O)OCc2ccccc2)cs1. The van der Waals surface area contributed by atoms with Gasteiger partial charge in [0.2, 0.25) is 0 Å². The standard InChI is InChI=1S/C18H21N3O7S2/c1-18(2,3)27-17(23)21-16-20-14(11-29-16)12-30(24,25)28-19-9-15(22)26-10-13-7-5-4-6-8-13/h4-9,11H,10,12H2,1-3H3,(H,20,21,23)/b19-9+. The normalized spacial score (nSPS) is 11.8. The molecule has 0 bridgehead atoms. The molecule has 30 heavy (non-hydrogen) atoms. The molecule has 12 heteroatoms. The fraction of sp³-hybridized carbons (Fsp3) is 0.333. The van der Waals surface area contributed by atoms with Crippen molar-refractivity contribution in [1.29, 1.82) is 0 Å². The Bertz CT molecular complexity index is 996. The van der Waals surface area contributed by atoms with Crippen LogP contribution in [0.25, 0.3) is 0 Å². The van der Waals surface area contributed by atoms with E-state index < -0.39 is 33.5 Å². The Balaban J connectivity index is 1.81. The Kier molecular flexibility index (Phi) is 7.89. The van der Waals surface area contributed by atoms with Gasteiger partial charge in [0.25, 0.3) is 0 Å². The summed E-state index contributed by atoms with van der Waals surface area (Å²) in [5.41, 5.74) is 0.224. The maximum Gasteiger partial charge on any atom is 0.413 e. The van der Waals surface area contributed by atoms with Crippen molar-refractivity contribution < 1.29 is 31.8 Å². The molecule has 10 nitrogen and oxygen atoms in total. The van der Waals surface area contributed by atoms with Crippen molar-refractivity contribution in [3.05, 3.63) is 47.0 Å². The van der Waals surface area contributed by atoms with Crippen LogP contribution in [-0.2, 0) is 41.0 Å². The number of nitrogens with zero attached hydrogens (tertiary/aromatic N) is 2. The molecular formula is C18H21N3O7S2. The minimum atomic E-state index is -4.15. The number of ether oxygens (including phenoxy) is 2. The number of carbonyl (C=O) groups is 2. The zero-order valence-electron chi connectivity index (χ0n) is 16.5. The molecule has 0 fully saturated rings. The van der Waals surface area contributed by atoms with E-state index in [0.717, 1.165) is 16.9 Å². The van der Waals surface area contributed by atoms with Crippen LogP contribution < -0.4 is 5.32 Å². The molecule has 162 valence electrons. The number of nitrogens with one attached hydrogen (secondary N) is 1. The van der Waals surface area contributed by atoms with Crippen LogP contribution in [-0.4, -0.2) is 37.3 Å². The van der Waals surface area contributed by atoms with E-state index in [9.17, 15) is 18.0 Å². The van der Waals surface area contributed by atoms with Gasteiger partial charge in [0, 0.05) is 5.38 Å². The van der Waals surface area contributed by atoms with Crippen LogP contribution in [0.15, 0.2) is 40.9 Å². The van der Waals surface area contributed by atoms with Gasteiger partial charge >= 0.3 is 22.2 Å². The van der Waals surface area contributed by atoms with Crippen LogP contribution in [0.5, 0.6) is 0 Å². The third-order valence-electron chi connectivity index (χ3n) is 3.02. The van der Waals surface area contributed by atoms with Gasteiger partial charge in [-0.1, -0.05) is 35.5 Å². The molecule has 0 radical (unpaired) electrons. The predicted molar refractivity (Wildman–Crippen MR) is 110 cm³/mol. The molecule has 0 aliphatic carbocycles. The number of thiazole rings is 1. The second-order valence-corrected chi connectivity index (χ2v) is 9.29. The lowest BCUT2D eigenvalue weighted by molar-refractivity contribution is -0.136. The summed E-state index contributed by atoms with van der Waals surface area (Å²) in [6.45, 7) is 5.15. The van der Waals surface area contributed by atoms with E-state index in [4.69, 9.17) is 9.47 Å². The second-order valence-electron chi connectivity index (χ2n) is 6.88. The van der Waals surface area contributed by atoms with Crippen LogP contribution in [0.4, 0.5) is 9.93 Å². The lowest BCUT2D eigenvalue weighted by atomic mass is 10.2. The number of hydrogen-bond acceptors (Lipinski definition) is 10. The highest BCUT2D eigenvalue weighted by Crippen LogP contribution is 2.19. The summed E-state index contributed by atoms with van der Waals surface area (Å²) in [6.07, 6.45) is -0.0852. The molecule has 0 spiro atoms. The average molecular weight is 456 g/mol. The molecule has 1 amide bonds. The van der Waals surface area contributed by atoms with Gasteiger partial charge in [-0.15, -0.1) is 11.3 Å². The smallest absolute Gasteiger partial charge is 0.413 e. The lowest BCUT2D eigenvalue weighted by Crippen LogP contribution is -2.27. The zero-order chi connectivity index (χ0) is 22.2. The van der Waals surface area contributed by atoms with Crippen LogP contribution >= 0.6 is 11.3 Å². The van der Waals surface area contributed by atoms with Crippen molar-refractivity contribution in [3.63, 3.8) is 0 Å². The molecule has 2 rings (SSSR count). The van der Waals surface area contributed by atoms with Crippen molar-refractivity contribution in [1.82, 2.24) is 4.98 Å². The number of carbonyl (C=O) groups excluding carboxylic acids is 2. The van der Waals surface area contributed by atoms with E-state index in [2.05, 4.69) is 19.7 Å². The van der Waals surface area contributed by atoms with Gasteiger partial charge in [-0.25, -0.2) is 14.6 Å². The molecule has 1 aromatic carbocycles. The largest absolute Gasteiger partial charge is 0.456 e. The van der Waals surface area contributed by atoms with Gasteiger partial charge in [0.15, 0.2) is 11.3 Å². The summed E-state index contributed by atoms with van der Waals surface area (Å²) in [7, 11) is -4.15. The summed E-state index contributed by atoms with van der Waals surface area (Å²) in [6, 6.07) is 8.94. The second kappa shape index (κ2) is 10.2. The van der Waals surface area contributed by atoms with E-state index in [0.29, 0.717) is 6.21 Å². The first-order valence-corrected chi connectivity index (χ1v) is 11.1. The molecule has 0 saturated carbocycles. The lowest BCUT2D eigenvalue weighted by Gasteiger charge is -2.18. The van der Waals surface area contributed by atoms with Crippen molar-refractivity contribution in [3.8, 4) is 0 Å². The Labute approximate surface area is 178 Å². The predicted octanol–water partition coefficient (Wildman–Crippen LogP) is 3.07. The van der Waals surface area contributed by atoms with Gasteiger partial charge < -0.3 is 9.47 Å².